The highest BCUT2D eigenvalue weighted by molar-refractivity contribution is 5.94. The van der Waals surface area contributed by atoms with E-state index in [0.717, 1.165) is 15.8 Å². The fourth-order valence-electron chi connectivity index (χ4n) is 3.03. The van der Waals surface area contributed by atoms with Gasteiger partial charge in [-0.2, -0.15) is 5.10 Å². The number of aromatic nitrogens is 5. The smallest absolute Gasteiger partial charge is 0.332 e. The van der Waals surface area contributed by atoms with Crippen LogP contribution in [-0.4, -0.2) is 29.8 Å². The van der Waals surface area contributed by atoms with Gasteiger partial charge in [-0.05, 0) is 24.3 Å². The molecule has 9 nitrogen and oxygen atoms in total. The molecule has 4 aromatic rings. The SMILES string of the molecule is Cn1c(=O)c2ccc(C(=O)NCc3cnn(-c4ccccc4)c3)nc2n(C)c1=O. The molecule has 1 amide bonds. The number of nitrogens with one attached hydrogen (secondary N) is 1. The molecule has 0 radical (unpaired) electrons. The molecule has 1 N–H and O–H groups in total. The van der Waals surface area contributed by atoms with E-state index in [1.165, 1.54) is 30.8 Å². The Morgan fingerprint density at radius 2 is 1.79 bits per heavy atom. The van der Waals surface area contributed by atoms with E-state index in [1.807, 2.05) is 36.5 Å². The van der Waals surface area contributed by atoms with Crippen LogP contribution in [0.2, 0.25) is 0 Å². The molecule has 0 aliphatic heterocycles. The number of fused-ring (bicyclic) bond motifs is 1. The molecule has 1 aromatic carbocycles. The van der Waals surface area contributed by atoms with E-state index in [1.54, 1.807) is 10.9 Å². The Labute approximate surface area is 164 Å². The van der Waals surface area contributed by atoms with E-state index in [-0.39, 0.29) is 23.3 Å². The Morgan fingerprint density at radius 1 is 1.03 bits per heavy atom. The minimum absolute atomic E-state index is 0.121. The van der Waals surface area contributed by atoms with Crippen molar-refractivity contribution in [2.75, 3.05) is 0 Å². The molecular formula is C20H18N6O3. The van der Waals surface area contributed by atoms with E-state index >= 15 is 0 Å². The standard InChI is InChI=1S/C20H18N6O3/c1-24-17-15(19(28)25(2)20(24)29)8-9-16(23-17)18(27)21-10-13-11-22-26(12-13)14-6-4-3-5-7-14/h3-9,11-12H,10H2,1-2H3,(H,21,27). The summed E-state index contributed by atoms with van der Waals surface area (Å²) in [5, 5.41) is 7.34. The summed E-state index contributed by atoms with van der Waals surface area (Å²) in [6, 6.07) is 12.6. The van der Waals surface area contributed by atoms with Crippen LogP contribution in [0.3, 0.4) is 0 Å². The van der Waals surface area contributed by atoms with Gasteiger partial charge in [0.2, 0.25) is 0 Å². The summed E-state index contributed by atoms with van der Waals surface area (Å²) in [7, 11) is 2.91. The Bertz CT molecular complexity index is 1330. The largest absolute Gasteiger partial charge is 0.347 e. The predicted octanol–water partition coefficient (Wildman–Crippen LogP) is 0.748. The molecule has 0 bridgehead atoms. The van der Waals surface area contributed by atoms with Gasteiger partial charge in [0, 0.05) is 32.4 Å². The second-order valence-electron chi connectivity index (χ2n) is 6.58. The average molecular weight is 390 g/mol. The van der Waals surface area contributed by atoms with E-state index in [2.05, 4.69) is 15.4 Å². The van der Waals surface area contributed by atoms with Gasteiger partial charge in [0.1, 0.15) is 11.3 Å². The molecule has 3 heterocycles. The van der Waals surface area contributed by atoms with Gasteiger partial charge in [-0.25, -0.2) is 14.5 Å². The maximum Gasteiger partial charge on any atom is 0.332 e. The maximum absolute atomic E-state index is 12.5. The first-order valence-corrected chi connectivity index (χ1v) is 8.89. The molecule has 9 heteroatoms. The Balaban J connectivity index is 1.55. The Hall–Kier alpha value is -4.01. The van der Waals surface area contributed by atoms with Crippen LogP contribution in [0.4, 0.5) is 0 Å². The number of carbonyl (C=O) groups excluding carboxylic acids is 1. The third-order valence-corrected chi connectivity index (χ3v) is 4.64. The number of benzene rings is 1. The molecule has 3 aromatic heterocycles. The molecular weight excluding hydrogens is 372 g/mol. The summed E-state index contributed by atoms with van der Waals surface area (Å²) >= 11 is 0. The lowest BCUT2D eigenvalue weighted by atomic mass is 10.2. The van der Waals surface area contributed by atoms with E-state index in [9.17, 15) is 14.4 Å². The van der Waals surface area contributed by atoms with Crippen LogP contribution in [-0.2, 0) is 20.6 Å². The molecule has 0 saturated carbocycles. The second-order valence-corrected chi connectivity index (χ2v) is 6.58. The molecule has 0 fully saturated rings. The first-order valence-electron chi connectivity index (χ1n) is 8.89. The van der Waals surface area contributed by atoms with Crippen LogP contribution in [0.5, 0.6) is 0 Å². The Morgan fingerprint density at radius 3 is 2.55 bits per heavy atom. The van der Waals surface area contributed by atoms with Crippen LogP contribution in [0, 0.1) is 0 Å². The molecule has 0 spiro atoms. The number of pyridine rings is 1. The normalized spacial score (nSPS) is 11.0. The monoisotopic (exact) mass is 390 g/mol. The molecule has 0 saturated heterocycles. The van der Waals surface area contributed by atoms with Crippen molar-refractivity contribution in [1.82, 2.24) is 29.2 Å². The molecule has 4 rings (SSSR count). The Kier molecular flexibility index (Phi) is 4.55. The number of rotatable bonds is 4. The predicted molar refractivity (Wildman–Crippen MR) is 107 cm³/mol. The first kappa shape index (κ1) is 18.4. The van der Waals surface area contributed by atoms with Gasteiger partial charge in [-0.15, -0.1) is 0 Å². The van der Waals surface area contributed by atoms with Crippen molar-refractivity contribution >= 4 is 16.9 Å². The van der Waals surface area contributed by atoms with E-state index < -0.39 is 17.2 Å². The fourth-order valence-corrected chi connectivity index (χ4v) is 3.03. The van der Waals surface area contributed by atoms with Crippen LogP contribution in [0.1, 0.15) is 16.1 Å². The van der Waals surface area contributed by atoms with Crippen molar-refractivity contribution < 1.29 is 4.79 Å². The number of aryl methyl sites for hydroxylation is 1. The number of nitrogens with zero attached hydrogens (tertiary/aromatic N) is 5. The summed E-state index contributed by atoms with van der Waals surface area (Å²) in [5.41, 5.74) is 1.09. The van der Waals surface area contributed by atoms with Crippen molar-refractivity contribution in [3.63, 3.8) is 0 Å². The van der Waals surface area contributed by atoms with E-state index in [0.29, 0.717) is 0 Å². The van der Waals surface area contributed by atoms with E-state index in [4.69, 9.17) is 0 Å². The number of hydrogen-bond donors (Lipinski definition) is 1. The van der Waals surface area contributed by atoms with Gasteiger partial charge in [-0.3, -0.25) is 18.7 Å². The first-order chi connectivity index (χ1) is 14.0. The molecule has 0 atom stereocenters. The maximum atomic E-state index is 12.5. The van der Waals surface area contributed by atoms with Crippen molar-refractivity contribution in [2.45, 2.75) is 6.54 Å². The van der Waals surface area contributed by atoms with Gasteiger partial charge in [0.25, 0.3) is 11.5 Å². The van der Waals surface area contributed by atoms with Gasteiger partial charge < -0.3 is 5.32 Å². The topological polar surface area (TPSA) is 104 Å². The number of carbonyl (C=O) groups is 1. The summed E-state index contributed by atoms with van der Waals surface area (Å²) in [5.74, 6) is -0.410. The van der Waals surface area contributed by atoms with Crippen LogP contribution in [0.15, 0.2) is 64.4 Å². The molecule has 146 valence electrons. The third-order valence-electron chi connectivity index (χ3n) is 4.64. The van der Waals surface area contributed by atoms with Crippen LogP contribution >= 0.6 is 0 Å². The summed E-state index contributed by atoms with van der Waals surface area (Å²) in [6.45, 7) is 0.265. The molecule has 0 aliphatic carbocycles. The molecule has 29 heavy (non-hydrogen) atoms. The van der Waals surface area contributed by atoms with Gasteiger partial charge >= 0.3 is 5.69 Å². The quantitative estimate of drug-likeness (QED) is 0.554. The van der Waals surface area contributed by atoms with Crippen LogP contribution in [0.25, 0.3) is 16.7 Å². The fraction of sp³-hybridized carbons (Fsp3) is 0.150. The lowest BCUT2D eigenvalue weighted by Gasteiger charge is -2.08. The number of amides is 1. The highest BCUT2D eigenvalue weighted by atomic mass is 16.2. The summed E-state index contributed by atoms with van der Waals surface area (Å²) < 4.78 is 3.98. The summed E-state index contributed by atoms with van der Waals surface area (Å²) in [6.07, 6.45) is 3.51. The van der Waals surface area contributed by atoms with Crippen LogP contribution < -0.4 is 16.6 Å². The zero-order valence-corrected chi connectivity index (χ0v) is 15.9. The highest BCUT2D eigenvalue weighted by Gasteiger charge is 2.14. The minimum Gasteiger partial charge on any atom is -0.347 e. The zero-order valence-electron chi connectivity index (χ0n) is 15.9. The van der Waals surface area contributed by atoms with Crippen molar-refractivity contribution in [1.29, 1.82) is 0 Å². The van der Waals surface area contributed by atoms with Crippen molar-refractivity contribution in [3.8, 4) is 5.69 Å². The van der Waals surface area contributed by atoms with Gasteiger partial charge in [-0.1, -0.05) is 18.2 Å². The van der Waals surface area contributed by atoms with Crippen molar-refractivity contribution in [3.05, 3.63) is 87.0 Å². The second kappa shape index (κ2) is 7.19. The summed E-state index contributed by atoms with van der Waals surface area (Å²) in [4.78, 5) is 41.0. The zero-order chi connectivity index (χ0) is 20.5. The van der Waals surface area contributed by atoms with Crippen molar-refractivity contribution in [2.24, 2.45) is 14.1 Å². The number of para-hydroxylation sites is 1. The highest BCUT2D eigenvalue weighted by Crippen LogP contribution is 2.09. The third kappa shape index (κ3) is 3.33. The molecule has 0 unspecified atom stereocenters. The lowest BCUT2D eigenvalue weighted by molar-refractivity contribution is 0.0946. The lowest BCUT2D eigenvalue weighted by Crippen LogP contribution is -2.37. The minimum atomic E-state index is -0.499. The van der Waals surface area contributed by atoms with Gasteiger partial charge in [0.15, 0.2) is 0 Å². The van der Waals surface area contributed by atoms with Gasteiger partial charge in [0.05, 0.1) is 17.3 Å². The average Bonchev–Trinajstić information content (AvgIpc) is 3.24. The number of hydrogen-bond acceptors (Lipinski definition) is 5. The molecule has 0 aliphatic rings.